The fraction of sp³-hybridized carbons (Fsp3) is 0.455. The standard InChI is InChI=1S/C11H17IN2O/c1-2-15-7-3-6-14-11-5-4-9(12)8-10(11)13/h4-5,8,14H,2-3,6-7,13H2,1H3. The number of halogens is 1. The average molecular weight is 320 g/mol. The molecule has 1 aromatic carbocycles. The van der Waals surface area contributed by atoms with Gasteiger partial charge in [-0.3, -0.25) is 0 Å². The van der Waals surface area contributed by atoms with Crippen LogP contribution in [-0.4, -0.2) is 19.8 Å². The summed E-state index contributed by atoms with van der Waals surface area (Å²) in [6, 6.07) is 6.02. The summed E-state index contributed by atoms with van der Waals surface area (Å²) in [5.41, 5.74) is 7.67. The molecule has 1 aromatic rings. The fourth-order valence-electron chi connectivity index (χ4n) is 1.24. The fourth-order valence-corrected chi connectivity index (χ4v) is 1.75. The van der Waals surface area contributed by atoms with Crippen molar-refractivity contribution in [1.82, 2.24) is 0 Å². The Labute approximate surface area is 105 Å². The predicted molar refractivity (Wildman–Crippen MR) is 73.2 cm³/mol. The lowest BCUT2D eigenvalue weighted by Gasteiger charge is -2.09. The van der Waals surface area contributed by atoms with E-state index in [9.17, 15) is 0 Å². The molecule has 0 unspecified atom stereocenters. The molecule has 0 fully saturated rings. The minimum atomic E-state index is 0.783. The van der Waals surface area contributed by atoms with Crippen LogP contribution in [0.15, 0.2) is 18.2 Å². The number of nitrogen functional groups attached to an aromatic ring is 1. The van der Waals surface area contributed by atoms with Crippen LogP contribution in [0.5, 0.6) is 0 Å². The highest BCUT2D eigenvalue weighted by molar-refractivity contribution is 14.1. The molecule has 84 valence electrons. The van der Waals surface area contributed by atoms with Gasteiger partial charge in [-0.15, -0.1) is 0 Å². The summed E-state index contributed by atoms with van der Waals surface area (Å²) >= 11 is 2.25. The van der Waals surface area contributed by atoms with Crippen LogP contribution < -0.4 is 11.1 Å². The summed E-state index contributed by atoms with van der Waals surface area (Å²) in [5.74, 6) is 0. The molecule has 0 aliphatic heterocycles. The molecule has 3 nitrogen and oxygen atoms in total. The van der Waals surface area contributed by atoms with Gasteiger partial charge in [0.05, 0.1) is 11.4 Å². The van der Waals surface area contributed by atoms with Crippen LogP contribution in [0.1, 0.15) is 13.3 Å². The Morgan fingerprint density at radius 1 is 1.47 bits per heavy atom. The molecule has 0 radical (unpaired) electrons. The van der Waals surface area contributed by atoms with Crippen molar-refractivity contribution < 1.29 is 4.74 Å². The highest BCUT2D eigenvalue weighted by Gasteiger charge is 1.98. The van der Waals surface area contributed by atoms with Gasteiger partial charge in [-0.1, -0.05) is 0 Å². The molecule has 4 heteroatoms. The number of anilines is 2. The number of hydrogen-bond donors (Lipinski definition) is 2. The monoisotopic (exact) mass is 320 g/mol. The minimum absolute atomic E-state index is 0.783. The molecule has 0 amide bonds. The third kappa shape index (κ3) is 4.70. The molecule has 15 heavy (non-hydrogen) atoms. The highest BCUT2D eigenvalue weighted by atomic mass is 127. The van der Waals surface area contributed by atoms with Gasteiger partial charge in [0, 0.05) is 23.3 Å². The normalized spacial score (nSPS) is 10.3. The van der Waals surface area contributed by atoms with Crippen LogP contribution in [-0.2, 0) is 4.74 Å². The third-order valence-electron chi connectivity index (χ3n) is 2.00. The Bertz CT molecular complexity index is 305. The molecular weight excluding hydrogens is 303 g/mol. The van der Waals surface area contributed by atoms with Crippen molar-refractivity contribution >= 4 is 34.0 Å². The van der Waals surface area contributed by atoms with E-state index in [1.165, 1.54) is 0 Å². The quantitative estimate of drug-likeness (QED) is 0.481. The van der Waals surface area contributed by atoms with Crippen LogP contribution in [0, 0.1) is 3.57 Å². The van der Waals surface area contributed by atoms with Gasteiger partial charge < -0.3 is 15.8 Å². The first-order valence-electron chi connectivity index (χ1n) is 5.10. The molecule has 0 heterocycles. The van der Waals surface area contributed by atoms with Crippen molar-refractivity contribution in [3.63, 3.8) is 0 Å². The smallest absolute Gasteiger partial charge is 0.0574 e. The Morgan fingerprint density at radius 2 is 2.27 bits per heavy atom. The molecule has 0 bridgehead atoms. The largest absolute Gasteiger partial charge is 0.397 e. The maximum absolute atomic E-state index is 5.86. The SMILES string of the molecule is CCOCCCNc1ccc(I)cc1N. The molecule has 0 spiro atoms. The van der Waals surface area contributed by atoms with E-state index in [1.807, 2.05) is 25.1 Å². The molecule has 0 saturated heterocycles. The minimum Gasteiger partial charge on any atom is -0.397 e. The third-order valence-corrected chi connectivity index (χ3v) is 2.67. The van der Waals surface area contributed by atoms with Gasteiger partial charge in [0.2, 0.25) is 0 Å². The zero-order valence-corrected chi connectivity index (χ0v) is 11.1. The second-order valence-corrected chi connectivity index (χ2v) is 4.45. The van der Waals surface area contributed by atoms with Gasteiger partial charge in [-0.2, -0.15) is 0 Å². The topological polar surface area (TPSA) is 47.3 Å². The highest BCUT2D eigenvalue weighted by Crippen LogP contribution is 2.20. The maximum atomic E-state index is 5.86. The number of hydrogen-bond acceptors (Lipinski definition) is 3. The second kappa shape index (κ2) is 6.90. The lowest BCUT2D eigenvalue weighted by molar-refractivity contribution is 0.147. The summed E-state index contributed by atoms with van der Waals surface area (Å²) in [7, 11) is 0. The lowest BCUT2D eigenvalue weighted by atomic mass is 10.2. The average Bonchev–Trinajstić information content (AvgIpc) is 2.20. The van der Waals surface area contributed by atoms with Crippen molar-refractivity contribution in [2.75, 3.05) is 30.8 Å². The molecule has 1 rings (SSSR count). The Morgan fingerprint density at radius 3 is 2.93 bits per heavy atom. The van der Waals surface area contributed by atoms with Crippen molar-refractivity contribution in [2.45, 2.75) is 13.3 Å². The summed E-state index contributed by atoms with van der Waals surface area (Å²) in [4.78, 5) is 0. The molecule has 0 atom stereocenters. The van der Waals surface area contributed by atoms with Crippen LogP contribution in [0.2, 0.25) is 0 Å². The van der Waals surface area contributed by atoms with Gasteiger partial charge in [-0.05, 0) is 54.1 Å². The van der Waals surface area contributed by atoms with Gasteiger partial charge in [0.1, 0.15) is 0 Å². The van der Waals surface area contributed by atoms with Crippen LogP contribution >= 0.6 is 22.6 Å². The number of rotatable bonds is 6. The zero-order chi connectivity index (χ0) is 11.1. The molecule has 0 aliphatic rings. The van der Waals surface area contributed by atoms with E-state index in [0.29, 0.717) is 0 Å². The van der Waals surface area contributed by atoms with E-state index in [1.54, 1.807) is 0 Å². The summed E-state index contributed by atoms with van der Waals surface area (Å²) < 4.78 is 6.41. The Balaban J connectivity index is 2.31. The van der Waals surface area contributed by atoms with E-state index in [4.69, 9.17) is 10.5 Å². The number of ether oxygens (including phenoxy) is 1. The van der Waals surface area contributed by atoms with E-state index in [0.717, 1.165) is 41.1 Å². The van der Waals surface area contributed by atoms with Crippen molar-refractivity contribution in [1.29, 1.82) is 0 Å². The van der Waals surface area contributed by atoms with E-state index in [-0.39, 0.29) is 0 Å². The van der Waals surface area contributed by atoms with Gasteiger partial charge >= 0.3 is 0 Å². The zero-order valence-electron chi connectivity index (χ0n) is 8.92. The number of nitrogens with one attached hydrogen (secondary N) is 1. The van der Waals surface area contributed by atoms with Crippen LogP contribution in [0.25, 0.3) is 0 Å². The molecule has 0 aromatic heterocycles. The molecule has 3 N–H and O–H groups in total. The van der Waals surface area contributed by atoms with Crippen molar-refractivity contribution in [3.05, 3.63) is 21.8 Å². The Hall–Kier alpha value is -0.490. The number of benzene rings is 1. The first-order chi connectivity index (χ1) is 7.24. The van der Waals surface area contributed by atoms with Crippen molar-refractivity contribution in [2.24, 2.45) is 0 Å². The van der Waals surface area contributed by atoms with Gasteiger partial charge in [0.25, 0.3) is 0 Å². The van der Waals surface area contributed by atoms with Gasteiger partial charge in [-0.25, -0.2) is 0 Å². The van der Waals surface area contributed by atoms with E-state index in [2.05, 4.69) is 27.9 Å². The first-order valence-corrected chi connectivity index (χ1v) is 6.18. The van der Waals surface area contributed by atoms with Gasteiger partial charge in [0.15, 0.2) is 0 Å². The van der Waals surface area contributed by atoms with Crippen LogP contribution in [0.4, 0.5) is 11.4 Å². The molecule has 0 saturated carbocycles. The molecular formula is C11H17IN2O. The summed E-state index contributed by atoms with van der Waals surface area (Å²) in [5, 5.41) is 3.29. The Kier molecular flexibility index (Phi) is 5.78. The van der Waals surface area contributed by atoms with Crippen LogP contribution in [0.3, 0.4) is 0 Å². The van der Waals surface area contributed by atoms with Crippen molar-refractivity contribution in [3.8, 4) is 0 Å². The maximum Gasteiger partial charge on any atom is 0.0574 e. The van der Waals surface area contributed by atoms with E-state index < -0.39 is 0 Å². The second-order valence-electron chi connectivity index (χ2n) is 3.21. The predicted octanol–water partition coefficient (Wildman–Crippen LogP) is 2.71. The lowest BCUT2D eigenvalue weighted by Crippen LogP contribution is -2.07. The molecule has 0 aliphatic carbocycles. The van der Waals surface area contributed by atoms with E-state index >= 15 is 0 Å². The number of nitrogens with two attached hydrogens (primary N) is 1. The summed E-state index contributed by atoms with van der Waals surface area (Å²) in [6.45, 7) is 4.48. The summed E-state index contributed by atoms with van der Waals surface area (Å²) in [6.07, 6.45) is 0.999. The first kappa shape index (κ1) is 12.6.